The van der Waals surface area contributed by atoms with Gasteiger partial charge in [0.05, 0.1) is 5.56 Å². The summed E-state index contributed by atoms with van der Waals surface area (Å²) >= 11 is 0. The molecule has 0 saturated heterocycles. The Kier molecular flexibility index (Phi) is 4.09. The number of hydrogen-bond donors (Lipinski definition) is 1. The third-order valence-corrected chi connectivity index (χ3v) is 2.99. The maximum atomic E-state index is 13.1. The molecule has 0 aliphatic carbocycles. The second-order valence-electron chi connectivity index (χ2n) is 4.56. The van der Waals surface area contributed by atoms with Crippen molar-refractivity contribution in [3.05, 3.63) is 71.0 Å². The number of benzene rings is 2. The van der Waals surface area contributed by atoms with Crippen LogP contribution in [0, 0.1) is 5.82 Å². The third kappa shape index (κ3) is 3.57. The maximum Gasteiger partial charge on any atom is 0.416 e. The zero-order valence-corrected chi connectivity index (χ0v) is 10.5. The minimum Gasteiger partial charge on any atom is -0.324 e. The van der Waals surface area contributed by atoms with Crippen molar-refractivity contribution in [1.82, 2.24) is 0 Å². The van der Waals surface area contributed by atoms with E-state index in [0.29, 0.717) is 11.1 Å². The van der Waals surface area contributed by atoms with Gasteiger partial charge in [-0.2, -0.15) is 13.2 Å². The van der Waals surface area contributed by atoms with Crippen molar-refractivity contribution < 1.29 is 17.6 Å². The van der Waals surface area contributed by atoms with Gasteiger partial charge in [-0.3, -0.25) is 0 Å². The van der Waals surface area contributed by atoms with Crippen LogP contribution >= 0.6 is 0 Å². The number of hydrogen-bond acceptors (Lipinski definition) is 1. The van der Waals surface area contributed by atoms with Crippen LogP contribution in [0.15, 0.2) is 48.5 Å². The molecule has 0 bridgehead atoms. The first-order chi connectivity index (χ1) is 9.36. The number of nitrogens with two attached hydrogens (primary N) is 1. The molecule has 1 nitrogen and oxygen atoms in total. The van der Waals surface area contributed by atoms with E-state index in [2.05, 4.69) is 0 Å². The van der Waals surface area contributed by atoms with Crippen LogP contribution in [0.2, 0.25) is 0 Å². The Morgan fingerprint density at radius 1 is 1.00 bits per heavy atom. The Hall–Kier alpha value is -1.88. The van der Waals surface area contributed by atoms with Crippen LogP contribution in [0.4, 0.5) is 17.6 Å². The number of rotatable bonds is 3. The van der Waals surface area contributed by atoms with Gasteiger partial charge in [0.1, 0.15) is 5.82 Å². The molecule has 0 saturated carbocycles. The number of alkyl halides is 3. The summed E-state index contributed by atoms with van der Waals surface area (Å²) < 4.78 is 50.9. The normalized spacial score (nSPS) is 13.2. The predicted octanol–water partition coefficient (Wildman–Crippen LogP) is 4.09. The van der Waals surface area contributed by atoms with Crippen molar-refractivity contribution in [2.45, 2.75) is 18.6 Å². The average Bonchev–Trinajstić information content (AvgIpc) is 2.38. The van der Waals surface area contributed by atoms with Crippen LogP contribution in [0.1, 0.15) is 22.7 Å². The highest BCUT2D eigenvalue weighted by Crippen LogP contribution is 2.30. The van der Waals surface area contributed by atoms with Gasteiger partial charge in [0.25, 0.3) is 0 Å². The lowest BCUT2D eigenvalue weighted by molar-refractivity contribution is -0.137. The van der Waals surface area contributed by atoms with Gasteiger partial charge in [-0.05, 0) is 41.8 Å². The minimum atomic E-state index is -4.39. The first-order valence-corrected chi connectivity index (χ1v) is 6.03. The molecule has 0 spiro atoms. The topological polar surface area (TPSA) is 26.0 Å². The van der Waals surface area contributed by atoms with Crippen molar-refractivity contribution in [1.29, 1.82) is 0 Å². The van der Waals surface area contributed by atoms with E-state index < -0.39 is 23.6 Å². The molecule has 2 N–H and O–H groups in total. The lowest BCUT2D eigenvalue weighted by Crippen LogP contribution is -2.15. The molecule has 1 unspecified atom stereocenters. The molecular weight excluding hydrogens is 270 g/mol. The molecule has 1 atom stereocenters. The van der Waals surface area contributed by atoms with Gasteiger partial charge < -0.3 is 5.73 Å². The van der Waals surface area contributed by atoms with E-state index in [9.17, 15) is 17.6 Å². The lowest BCUT2D eigenvalue weighted by atomic mass is 9.98. The van der Waals surface area contributed by atoms with E-state index in [1.165, 1.54) is 18.2 Å². The second-order valence-corrected chi connectivity index (χ2v) is 4.56. The highest BCUT2D eigenvalue weighted by atomic mass is 19.4. The molecule has 20 heavy (non-hydrogen) atoms. The fourth-order valence-corrected chi connectivity index (χ4v) is 1.98. The van der Waals surface area contributed by atoms with Gasteiger partial charge in [-0.25, -0.2) is 4.39 Å². The van der Waals surface area contributed by atoms with E-state index in [-0.39, 0.29) is 6.42 Å². The van der Waals surface area contributed by atoms with Gasteiger partial charge in [0.15, 0.2) is 0 Å². The molecule has 5 heteroatoms. The fourth-order valence-electron chi connectivity index (χ4n) is 1.98. The largest absolute Gasteiger partial charge is 0.416 e. The zero-order valence-electron chi connectivity index (χ0n) is 10.5. The SMILES string of the molecule is NC(Cc1cccc(F)c1)c1cccc(C(F)(F)F)c1. The summed E-state index contributed by atoms with van der Waals surface area (Å²) in [5.41, 5.74) is 6.19. The van der Waals surface area contributed by atoms with Gasteiger partial charge in [0.2, 0.25) is 0 Å². The quantitative estimate of drug-likeness (QED) is 0.844. The third-order valence-electron chi connectivity index (χ3n) is 2.99. The molecule has 0 radical (unpaired) electrons. The highest BCUT2D eigenvalue weighted by molar-refractivity contribution is 5.29. The van der Waals surface area contributed by atoms with Crippen molar-refractivity contribution in [2.24, 2.45) is 5.73 Å². The summed E-state index contributed by atoms with van der Waals surface area (Å²) in [4.78, 5) is 0. The van der Waals surface area contributed by atoms with Gasteiger partial charge in [0, 0.05) is 6.04 Å². The van der Waals surface area contributed by atoms with Crippen LogP contribution in [0.3, 0.4) is 0 Å². The minimum absolute atomic E-state index is 0.277. The van der Waals surface area contributed by atoms with Crippen LogP contribution in [-0.4, -0.2) is 0 Å². The summed E-state index contributed by atoms with van der Waals surface area (Å²) in [5.74, 6) is -0.390. The van der Waals surface area contributed by atoms with Crippen LogP contribution in [0.5, 0.6) is 0 Å². The van der Waals surface area contributed by atoms with Gasteiger partial charge in [-0.15, -0.1) is 0 Å². The Balaban J connectivity index is 2.19. The molecule has 0 heterocycles. The Bertz CT molecular complexity index is 592. The Labute approximate surface area is 114 Å². The zero-order chi connectivity index (χ0) is 14.8. The standard InChI is InChI=1S/C15H13F4N/c16-13-6-1-3-10(7-13)8-14(20)11-4-2-5-12(9-11)15(17,18)19/h1-7,9,14H,8,20H2. The predicted molar refractivity (Wildman–Crippen MR) is 68.5 cm³/mol. The van der Waals surface area contributed by atoms with E-state index >= 15 is 0 Å². The summed E-state index contributed by atoms with van der Waals surface area (Å²) in [6.07, 6.45) is -4.12. The van der Waals surface area contributed by atoms with Crippen LogP contribution in [0.25, 0.3) is 0 Å². The monoisotopic (exact) mass is 283 g/mol. The highest BCUT2D eigenvalue weighted by Gasteiger charge is 2.30. The van der Waals surface area contributed by atoms with Crippen molar-refractivity contribution in [2.75, 3.05) is 0 Å². The lowest BCUT2D eigenvalue weighted by Gasteiger charge is -2.14. The molecule has 2 aromatic carbocycles. The molecule has 0 amide bonds. The Morgan fingerprint density at radius 2 is 1.70 bits per heavy atom. The van der Waals surface area contributed by atoms with Crippen molar-refractivity contribution in [3.8, 4) is 0 Å². The average molecular weight is 283 g/mol. The van der Waals surface area contributed by atoms with Gasteiger partial charge >= 0.3 is 6.18 Å². The van der Waals surface area contributed by atoms with E-state index in [1.54, 1.807) is 18.2 Å². The Morgan fingerprint density at radius 3 is 2.35 bits per heavy atom. The molecular formula is C15H13F4N. The second kappa shape index (κ2) is 5.63. The van der Waals surface area contributed by atoms with E-state index in [0.717, 1.165) is 12.1 Å². The first-order valence-electron chi connectivity index (χ1n) is 6.03. The van der Waals surface area contributed by atoms with Crippen LogP contribution in [-0.2, 0) is 12.6 Å². The molecule has 2 aromatic rings. The summed E-state index contributed by atoms with van der Waals surface area (Å²) in [5, 5.41) is 0. The molecule has 0 aliphatic rings. The first kappa shape index (κ1) is 14.5. The van der Waals surface area contributed by atoms with Crippen molar-refractivity contribution in [3.63, 3.8) is 0 Å². The molecule has 0 aromatic heterocycles. The summed E-state index contributed by atoms with van der Waals surface area (Å²) in [6.45, 7) is 0. The smallest absolute Gasteiger partial charge is 0.324 e. The molecule has 106 valence electrons. The summed E-state index contributed by atoms with van der Waals surface area (Å²) in [7, 11) is 0. The van der Waals surface area contributed by atoms with Crippen molar-refractivity contribution >= 4 is 0 Å². The molecule has 0 fully saturated rings. The fraction of sp³-hybridized carbons (Fsp3) is 0.200. The maximum absolute atomic E-state index is 13.1. The van der Waals surface area contributed by atoms with Crippen LogP contribution < -0.4 is 5.73 Å². The van der Waals surface area contributed by atoms with E-state index in [4.69, 9.17) is 5.73 Å². The van der Waals surface area contributed by atoms with Gasteiger partial charge in [-0.1, -0.05) is 24.3 Å². The molecule has 2 rings (SSSR count). The summed E-state index contributed by atoms with van der Waals surface area (Å²) in [6, 6.07) is 10.1. The molecule has 0 aliphatic heterocycles. The number of halogens is 4. The van der Waals surface area contributed by atoms with E-state index in [1.807, 2.05) is 0 Å².